The van der Waals surface area contributed by atoms with Crippen molar-refractivity contribution in [3.8, 4) is 11.5 Å². The summed E-state index contributed by atoms with van der Waals surface area (Å²) < 4.78 is 12.2. The Balaban J connectivity index is 2.55. The van der Waals surface area contributed by atoms with Crippen LogP contribution >= 0.6 is 15.9 Å². The number of fused-ring (bicyclic) bond motifs is 1. The topological polar surface area (TPSA) is 53.7 Å². The second-order valence-electron chi connectivity index (χ2n) is 4.25. The van der Waals surface area contributed by atoms with Crippen molar-refractivity contribution in [3.63, 3.8) is 0 Å². The van der Waals surface area contributed by atoms with Gasteiger partial charge < -0.3 is 9.47 Å². The van der Waals surface area contributed by atoms with Crippen LogP contribution in [0.15, 0.2) is 10.5 Å². The molecule has 1 aromatic carbocycles. The van der Waals surface area contributed by atoms with Crippen LogP contribution < -0.4 is 15.4 Å². The van der Waals surface area contributed by atoms with Crippen molar-refractivity contribution in [2.75, 3.05) is 13.2 Å². The summed E-state index contributed by atoms with van der Waals surface area (Å²) >= 11 is 3.59. The van der Waals surface area contributed by atoms with Crippen molar-refractivity contribution >= 4 is 15.9 Å². The number of nitrogens with two attached hydrogens (primary N) is 1. The van der Waals surface area contributed by atoms with E-state index in [0.29, 0.717) is 25.7 Å². The van der Waals surface area contributed by atoms with E-state index in [4.69, 9.17) is 20.2 Å². The van der Waals surface area contributed by atoms with Gasteiger partial charge in [-0.1, -0.05) is 13.8 Å². The Bertz CT molecular complexity index is 421. The zero-order valence-corrected chi connectivity index (χ0v) is 11.5. The van der Waals surface area contributed by atoms with Gasteiger partial charge in [0.15, 0.2) is 11.5 Å². The molecule has 0 unspecified atom stereocenters. The molecule has 0 radical (unpaired) electrons. The maximum absolute atomic E-state index is 5.63. The number of ether oxygens (including phenoxy) is 2. The summed E-state index contributed by atoms with van der Waals surface area (Å²) in [6, 6.07) is 1.95. The second kappa shape index (κ2) is 5.25. The van der Waals surface area contributed by atoms with Gasteiger partial charge in [0.25, 0.3) is 0 Å². The third kappa shape index (κ3) is 2.41. The second-order valence-corrected chi connectivity index (χ2v) is 5.05. The Kier molecular flexibility index (Phi) is 3.91. The maximum atomic E-state index is 5.63. The largest absolute Gasteiger partial charge is 0.486 e. The predicted molar refractivity (Wildman–Crippen MR) is 68.2 cm³/mol. The molecule has 0 aliphatic carbocycles. The molecule has 0 saturated heterocycles. The minimum atomic E-state index is 0.352. The van der Waals surface area contributed by atoms with Crippen LogP contribution in [-0.2, 0) is 11.4 Å². The Morgan fingerprint density at radius 1 is 1.41 bits per heavy atom. The molecule has 1 aliphatic heterocycles. The highest BCUT2D eigenvalue weighted by Crippen LogP contribution is 2.44. The average molecular weight is 302 g/mol. The van der Waals surface area contributed by atoms with Crippen molar-refractivity contribution in [1.29, 1.82) is 0 Å². The van der Waals surface area contributed by atoms with Gasteiger partial charge >= 0.3 is 0 Å². The fourth-order valence-electron chi connectivity index (χ4n) is 2.04. The molecule has 1 aromatic rings. The van der Waals surface area contributed by atoms with Crippen LogP contribution in [0.25, 0.3) is 0 Å². The van der Waals surface area contributed by atoms with E-state index in [1.807, 2.05) is 6.07 Å². The summed E-state index contributed by atoms with van der Waals surface area (Å²) in [5.74, 6) is 7.05. The lowest BCUT2D eigenvalue weighted by Crippen LogP contribution is -2.17. The van der Waals surface area contributed by atoms with Crippen LogP contribution in [0.2, 0.25) is 0 Å². The van der Waals surface area contributed by atoms with E-state index < -0.39 is 0 Å². The summed E-state index contributed by atoms with van der Waals surface area (Å²) in [5.41, 5.74) is 2.18. The zero-order valence-electron chi connectivity index (χ0n) is 9.96. The first-order valence-electron chi connectivity index (χ1n) is 5.57. The highest BCUT2D eigenvalue weighted by Gasteiger charge is 2.22. The molecule has 5 heteroatoms. The average Bonchev–Trinajstić information content (AvgIpc) is 2.29. The van der Waals surface area contributed by atoms with Gasteiger partial charge in [0, 0.05) is 0 Å². The van der Waals surface area contributed by atoms with Gasteiger partial charge in [-0.15, -0.1) is 0 Å². The van der Waals surface area contributed by atoms with Gasteiger partial charge in [-0.25, -0.2) is 5.90 Å². The molecule has 0 spiro atoms. The Morgan fingerprint density at radius 3 is 2.76 bits per heavy atom. The van der Waals surface area contributed by atoms with Gasteiger partial charge in [0.2, 0.25) is 0 Å². The van der Waals surface area contributed by atoms with E-state index in [-0.39, 0.29) is 0 Å². The smallest absolute Gasteiger partial charge is 0.175 e. The van der Waals surface area contributed by atoms with Gasteiger partial charge in [0.05, 0.1) is 11.1 Å². The number of halogens is 1. The molecule has 2 rings (SSSR count). The lowest BCUT2D eigenvalue weighted by molar-refractivity contribution is 0.122. The van der Waals surface area contributed by atoms with E-state index in [2.05, 4.69) is 29.8 Å². The third-order valence-electron chi connectivity index (χ3n) is 2.71. The fraction of sp³-hybridized carbons (Fsp3) is 0.500. The van der Waals surface area contributed by atoms with Gasteiger partial charge in [-0.2, -0.15) is 0 Å². The van der Waals surface area contributed by atoms with E-state index >= 15 is 0 Å². The molecular formula is C12H16BrNO3. The number of benzene rings is 1. The first-order valence-corrected chi connectivity index (χ1v) is 6.37. The summed E-state index contributed by atoms with van der Waals surface area (Å²) in [6.07, 6.45) is 0. The standard InChI is InChI=1S/C12H16BrNO3/c1-7(2)10-8(6-17-14)5-9-12(11(10)13)16-4-3-15-9/h5,7H,3-4,6,14H2,1-2H3. The van der Waals surface area contributed by atoms with Crippen LogP contribution in [0.4, 0.5) is 0 Å². The Hall–Kier alpha value is -0.780. The van der Waals surface area contributed by atoms with Crippen LogP contribution in [0.3, 0.4) is 0 Å². The molecule has 1 aliphatic rings. The molecule has 94 valence electrons. The number of hydrogen-bond donors (Lipinski definition) is 1. The van der Waals surface area contributed by atoms with E-state index in [0.717, 1.165) is 27.1 Å². The van der Waals surface area contributed by atoms with Crippen molar-refractivity contribution in [3.05, 3.63) is 21.7 Å². The van der Waals surface area contributed by atoms with Crippen LogP contribution in [0, 0.1) is 0 Å². The maximum Gasteiger partial charge on any atom is 0.175 e. The monoisotopic (exact) mass is 301 g/mol. The lowest BCUT2D eigenvalue weighted by atomic mass is 9.96. The Labute approximate surface area is 109 Å². The van der Waals surface area contributed by atoms with Crippen LogP contribution in [0.5, 0.6) is 11.5 Å². The molecule has 0 bridgehead atoms. The quantitative estimate of drug-likeness (QED) is 0.872. The molecule has 4 nitrogen and oxygen atoms in total. The predicted octanol–water partition coefficient (Wildman–Crippen LogP) is 2.73. The number of rotatable bonds is 3. The van der Waals surface area contributed by atoms with Crippen molar-refractivity contribution < 1.29 is 14.3 Å². The first kappa shape index (κ1) is 12.7. The summed E-state index contributed by atoms with van der Waals surface area (Å²) in [7, 11) is 0. The molecule has 0 amide bonds. The van der Waals surface area contributed by atoms with E-state index in [1.165, 1.54) is 0 Å². The number of hydrogen-bond acceptors (Lipinski definition) is 4. The van der Waals surface area contributed by atoms with Crippen molar-refractivity contribution in [2.24, 2.45) is 5.90 Å². The van der Waals surface area contributed by atoms with Gasteiger partial charge in [-0.05, 0) is 39.0 Å². The SMILES string of the molecule is CC(C)c1c(CON)cc2c(c1Br)OCCO2. The zero-order chi connectivity index (χ0) is 12.4. The fourth-order valence-corrected chi connectivity index (χ4v) is 3.07. The van der Waals surface area contributed by atoms with E-state index in [9.17, 15) is 0 Å². The first-order chi connectivity index (χ1) is 8.15. The molecule has 0 aromatic heterocycles. The minimum absolute atomic E-state index is 0.352. The normalized spacial score (nSPS) is 14.2. The van der Waals surface area contributed by atoms with E-state index in [1.54, 1.807) is 0 Å². The Morgan fingerprint density at radius 2 is 2.12 bits per heavy atom. The summed E-state index contributed by atoms with van der Waals surface area (Å²) in [6.45, 7) is 5.76. The minimum Gasteiger partial charge on any atom is -0.486 e. The highest BCUT2D eigenvalue weighted by molar-refractivity contribution is 9.10. The molecule has 2 N–H and O–H groups in total. The van der Waals surface area contributed by atoms with Gasteiger partial charge in [-0.3, -0.25) is 4.84 Å². The summed E-state index contributed by atoms with van der Waals surface area (Å²) in [4.78, 5) is 4.75. The van der Waals surface area contributed by atoms with Crippen LogP contribution in [-0.4, -0.2) is 13.2 Å². The molecule has 0 atom stereocenters. The summed E-state index contributed by atoms with van der Waals surface area (Å²) in [5, 5.41) is 0. The third-order valence-corrected chi connectivity index (χ3v) is 3.50. The lowest BCUT2D eigenvalue weighted by Gasteiger charge is -2.24. The van der Waals surface area contributed by atoms with Crippen LogP contribution in [0.1, 0.15) is 30.9 Å². The molecule has 0 saturated carbocycles. The molecule has 0 fully saturated rings. The molecule has 1 heterocycles. The van der Waals surface area contributed by atoms with Gasteiger partial charge in [0.1, 0.15) is 13.2 Å². The highest BCUT2D eigenvalue weighted by atomic mass is 79.9. The molecular weight excluding hydrogens is 286 g/mol. The van der Waals surface area contributed by atoms with Crippen molar-refractivity contribution in [1.82, 2.24) is 0 Å². The van der Waals surface area contributed by atoms with Crippen molar-refractivity contribution in [2.45, 2.75) is 26.4 Å². The molecule has 17 heavy (non-hydrogen) atoms.